The molecule has 0 aliphatic heterocycles. The Morgan fingerprint density at radius 2 is 2.00 bits per heavy atom. The van der Waals surface area contributed by atoms with Crippen molar-refractivity contribution in [3.8, 4) is 0 Å². The van der Waals surface area contributed by atoms with E-state index < -0.39 is 0 Å². The Morgan fingerprint density at radius 1 is 1.46 bits per heavy atom. The average Bonchev–Trinajstić information content (AvgIpc) is 2.51. The summed E-state index contributed by atoms with van der Waals surface area (Å²) in [6.07, 6.45) is 5.88. The summed E-state index contributed by atoms with van der Waals surface area (Å²) in [5, 5.41) is 0. The van der Waals surface area contributed by atoms with Gasteiger partial charge in [-0.2, -0.15) is 0 Å². The van der Waals surface area contributed by atoms with Crippen LogP contribution in [-0.4, -0.2) is 12.1 Å². The highest BCUT2D eigenvalue weighted by molar-refractivity contribution is 5.76. The molecule has 0 amide bonds. The number of rotatable bonds is 4. The molecule has 0 aromatic carbocycles. The molecule has 1 aliphatic carbocycles. The summed E-state index contributed by atoms with van der Waals surface area (Å²) >= 11 is 0. The van der Waals surface area contributed by atoms with Crippen LogP contribution in [0, 0.1) is 11.3 Å². The van der Waals surface area contributed by atoms with Gasteiger partial charge in [0.25, 0.3) is 0 Å². The number of hydrogen-bond acceptors (Lipinski definition) is 2. The summed E-state index contributed by atoms with van der Waals surface area (Å²) in [4.78, 5) is 22.0. The maximum atomic E-state index is 11.0. The monoisotopic (exact) mass is 182 g/mol. The zero-order valence-electron chi connectivity index (χ0n) is 8.51. The van der Waals surface area contributed by atoms with E-state index in [2.05, 4.69) is 0 Å². The normalized spacial score (nSPS) is 22.6. The molecule has 1 rings (SSSR count). The molecule has 13 heavy (non-hydrogen) atoms. The van der Waals surface area contributed by atoms with Gasteiger partial charge in [0.2, 0.25) is 0 Å². The van der Waals surface area contributed by atoms with Crippen molar-refractivity contribution in [3.63, 3.8) is 0 Å². The number of hydrogen-bond donors (Lipinski definition) is 0. The fourth-order valence-corrected chi connectivity index (χ4v) is 2.39. The fourth-order valence-electron chi connectivity index (χ4n) is 2.39. The SMILES string of the molecule is CC(=O)CC(C)C1(C=O)CCCC1. The molecule has 0 bridgehead atoms. The predicted molar refractivity (Wildman–Crippen MR) is 51.4 cm³/mol. The summed E-state index contributed by atoms with van der Waals surface area (Å²) < 4.78 is 0. The first-order valence-corrected chi connectivity index (χ1v) is 5.06. The number of aldehydes is 1. The molecule has 74 valence electrons. The van der Waals surface area contributed by atoms with Gasteiger partial charge in [0, 0.05) is 11.8 Å². The van der Waals surface area contributed by atoms with E-state index in [1.165, 1.54) is 0 Å². The lowest BCUT2D eigenvalue weighted by Gasteiger charge is -2.28. The van der Waals surface area contributed by atoms with Gasteiger partial charge in [0.1, 0.15) is 12.1 Å². The number of ketones is 1. The second kappa shape index (κ2) is 4.03. The molecule has 2 nitrogen and oxygen atoms in total. The largest absolute Gasteiger partial charge is 0.303 e. The van der Waals surface area contributed by atoms with Crippen LogP contribution in [0.4, 0.5) is 0 Å². The molecular formula is C11H18O2. The molecule has 0 spiro atoms. The summed E-state index contributed by atoms with van der Waals surface area (Å²) in [5.74, 6) is 0.422. The van der Waals surface area contributed by atoms with Gasteiger partial charge in [-0.25, -0.2) is 0 Å². The van der Waals surface area contributed by atoms with Crippen molar-refractivity contribution in [3.05, 3.63) is 0 Å². The second-order valence-corrected chi connectivity index (χ2v) is 4.37. The maximum Gasteiger partial charge on any atom is 0.130 e. The minimum atomic E-state index is -0.175. The Morgan fingerprint density at radius 3 is 2.38 bits per heavy atom. The fraction of sp³-hybridized carbons (Fsp3) is 0.818. The van der Waals surface area contributed by atoms with Crippen molar-refractivity contribution in [1.29, 1.82) is 0 Å². The lowest BCUT2D eigenvalue weighted by molar-refractivity contribution is -0.122. The van der Waals surface area contributed by atoms with Crippen LogP contribution in [0.25, 0.3) is 0 Å². The molecule has 1 atom stereocenters. The first-order chi connectivity index (χ1) is 6.10. The van der Waals surface area contributed by atoms with E-state index in [1.54, 1.807) is 6.92 Å². The molecule has 0 heterocycles. The van der Waals surface area contributed by atoms with E-state index >= 15 is 0 Å². The highest BCUT2D eigenvalue weighted by atomic mass is 16.1. The van der Waals surface area contributed by atoms with Crippen molar-refractivity contribution in [2.45, 2.75) is 46.0 Å². The molecule has 0 radical (unpaired) electrons. The van der Waals surface area contributed by atoms with Crippen LogP contribution in [-0.2, 0) is 9.59 Å². The van der Waals surface area contributed by atoms with Gasteiger partial charge in [-0.15, -0.1) is 0 Å². The number of Topliss-reactive ketones (excluding diaryl/α,β-unsaturated/α-hetero) is 1. The molecule has 2 heteroatoms. The Hall–Kier alpha value is -0.660. The van der Waals surface area contributed by atoms with Crippen molar-refractivity contribution in [2.75, 3.05) is 0 Å². The first kappa shape index (κ1) is 10.4. The maximum absolute atomic E-state index is 11.0. The summed E-state index contributed by atoms with van der Waals surface area (Å²) in [7, 11) is 0. The highest BCUT2D eigenvalue weighted by Gasteiger charge is 2.38. The van der Waals surface area contributed by atoms with Crippen LogP contribution in [0.5, 0.6) is 0 Å². The Labute approximate surface area is 79.7 Å². The van der Waals surface area contributed by atoms with Gasteiger partial charge >= 0.3 is 0 Å². The zero-order valence-corrected chi connectivity index (χ0v) is 8.51. The summed E-state index contributed by atoms with van der Waals surface area (Å²) in [6.45, 7) is 3.63. The van der Waals surface area contributed by atoms with Crippen molar-refractivity contribution in [1.82, 2.24) is 0 Å². The topological polar surface area (TPSA) is 34.1 Å². The van der Waals surface area contributed by atoms with E-state index in [-0.39, 0.29) is 17.1 Å². The third kappa shape index (κ3) is 2.17. The third-order valence-electron chi connectivity index (χ3n) is 3.34. The van der Waals surface area contributed by atoms with Crippen LogP contribution in [0.3, 0.4) is 0 Å². The second-order valence-electron chi connectivity index (χ2n) is 4.37. The molecular weight excluding hydrogens is 164 g/mol. The molecule has 0 aromatic heterocycles. The molecule has 0 N–H and O–H groups in total. The van der Waals surface area contributed by atoms with E-state index in [9.17, 15) is 9.59 Å². The van der Waals surface area contributed by atoms with Crippen LogP contribution in [0.15, 0.2) is 0 Å². The smallest absolute Gasteiger partial charge is 0.130 e. The highest BCUT2D eigenvalue weighted by Crippen LogP contribution is 2.43. The third-order valence-corrected chi connectivity index (χ3v) is 3.34. The average molecular weight is 182 g/mol. The minimum Gasteiger partial charge on any atom is -0.303 e. The first-order valence-electron chi connectivity index (χ1n) is 5.06. The van der Waals surface area contributed by atoms with Crippen molar-refractivity contribution < 1.29 is 9.59 Å². The van der Waals surface area contributed by atoms with Gasteiger partial charge in [-0.1, -0.05) is 19.8 Å². The van der Waals surface area contributed by atoms with Gasteiger partial charge in [-0.3, -0.25) is 0 Å². The van der Waals surface area contributed by atoms with Crippen molar-refractivity contribution >= 4 is 12.1 Å². The van der Waals surface area contributed by atoms with Crippen LogP contribution >= 0.6 is 0 Å². The van der Waals surface area contributed by atoms with Gasteiger partial charge in [0.15, 0.2) is 0 Å². The lowest BCUT2D eigenvalue weighted by Crippen LogP contribution is -2.28. The van der Waals surface area contributed by atoms with E-state index in [0.29, 0.717) is 6.42 Å². The van der Waals surface area contributed by atoms with Gasteiger partial charge < -0.3 is 9.59 Å². The minimum absolute atomic E-state index is 0.175. The number of carbonyl (C=O) groups excluding carboxylic acids is 2. The zero-order chi connectivity index (χ0) is 9.90. The van der Waals surface area contributed by atoms with Gasteiger partial charge in [-0.05, 0) is 25.7 Å². The van der Waals surface area contributed by atoms with E-state index in [0.717, 1.165) is 32.0 Å². The van der Waals surface area contributed by atoms with Crippen LogP contribution in [0.2, 0.25) is 0 Å². The Kier molecular flexibility index (Phi) is 3.23. The molecule has 1 aliphatic rings. The van der Waals surface area contributed by atoms with E-state index in [1.807, 2.05) is 6.92 Å². The summed E-state index contributed by atoms with van der Waals surface area (Å²) in [6, 6.07) is 0. The predicted octanol–water partition coefficient (Wildman–Crippen LogP) is 2.36. The molecule has 1 fully saturated rings. The van der Waals surface area contributed by atoms with Gasteiger partial charge in [0.05, 0.1) is 0 Å². The molecule has 1 unspecified atom stereocenters. The molecule has 1 saturated carbocycles. The Bertz CT molecular complexity index is 202. The standard InChI is InChI=1S/C11H18O2/c1-9(7-10(2)13)11(8-12)5-3-4-6-11/h8-9H,3-7H2,1-2H3. The number of carbonyl (C=O) groups is 2. The quantitative estimate of drug-likeness (QED) is 0.625. The summed E-state index contributed by atoms with van der Waals surface area (Å²) in [5.41, 5.74) is -0.175. The molecule has 0 aromatic rings. The van der Waals surface area contributed by atoms with Crippen molar-refractivity contribution in [2.24, 2.45) is 11.3 Å². The van der Waals surface area contributed by atoms with Crippen LogP contribution in [0.1, 0.15) is 46.0 Å². The van der Waals surface area contributed by atoms with Crippen LogP contribution < -0.4 is 0 Å². The lowest BCUT2D eigenvalue weighted by atomic mass is 9.74. The Balaban J connectivity index is 2.64. The molecule has 0 saturated heterocycles. The van der Waals surface area contributed by atoms with E-state index in [4.69, 9.17) is 0 Å².